The van der Waals surface area contributed by atoms with Gasteiger partial charge in [0, 0.05) is 70.4 Å². The van der Waals surface area contributed by atoms with Crippen LogP contribution in [0.2, 0.25) is 0 Å². The SMILES string of the molecule is CCCNc1ncc(CN2C[C@H](CO)[C@H](CN3C[C@@H](C)O[C@@H](C)C3)C2)cn1. The molecule has 3 heterocycles. The Hall–Kier alpha value is -1.28. The maximum atomic E-state index is 9.87. The number of likely N-dealkylation sites (tertiary alicyclic amines) is 1. The average molecular weight is 378 g/mol. The number of hydrogen-bond acceptors (Lipinski definition) is 7. The third-order valence-electron chi connectivity index (χ3n) is 5.52. The number of aliphatic hydroxyl groups excluding tert-OH is 1. The average Bonchev–Trinajstić information content (AvgIpc) is 3.01. The zero-order valence-corrected chi connectivity index (χ0v) is 17.0. The van der Waals surface area contributed by atoms with Crippen molar-refractivity contribution in [2.75, 3.05) is 51.2 Å². The minimum absolute atomic E-state index is 0.257. The second kappa shape index (κ2) is 9.78. The van der Waals surface area contributed by atoms with E-state index in [1.807, 2.05) is 12.4 Å². The molecule has 0 saturated carbocycles. The number of aromatic nitrogens is 2. The number of anilines is 1. The number of aliphatic hydroxyl groups is 1. The first-order valence-electron chi connectivity index (χ1n) is 10.3. The molecule has 1 aromatic heterocycles. The van der Waals surface area contributed by atoms with Crippen molar-refractivity contribution in [3.05, 3.63) is 18.0 Å². The molecule has 1 aromatic rings. The van der Waals surface area contributed by atoms with Crippen molar-refractivity contribution in [1.29, 1.82) is 0 Å². The molecule has 0 bridgehead atoms. The molecule has 27 heavy (non-hydrogen) atoms. The van der Waals surface area contributed by atoms with Crippen molar-refractivity contribution in [2.24, 2.45) is 11.8 Å². The van der Waals surface area contributed by atoms with Gasteiger partial charge < -0.3 is 15.2 Å². The van der Waals surface area contributed by atoms with E-state index in [9.17, 15) is 5.11 Å². The predicted molar refractivity (Wildman–Crippen MR) is 107 cm³/mol. The summed E-state index contributed by atoms with van der Waals surface area (Å²) in [6.07, 6.45) is 5.46. The minimum atomic E-state index is 0.257. The van der Waals surface area contributed by atoms with Gasteiger partial charge in [-0.1, -0.05) is 6.92 Å². The molecule has 3 rings (SSSR count). The Balaban J connectivity index is 1.52. The molecule has 0 aromatic carbocycles. The van der Waals surface area contributed by atoms with Crippen LogP contribution in [0.3, 0.4) is 0 Å². The van der Waals surface area contributed by atoms with E-state index in [-0.39, 0.29) is 18.8 Å². The van der Waals surface area contributed by atoms with Gasteiger partial charge in [0.05, 0.1) is 12.2 Å². The van der Waals surface area contributed by atoms with Gasteiger partial charge in [0.2, 0.25) is 5.95 Å². The van der Waals surface area contributed by atoms with E-state index in [0.717, 1.165) is 57.8 Å². The molecule has 2 saturated heterocycles. The Morgan fingerprint density at radius 1 is 1.07 bits per heavy atom. The van der Waals surface area contributed by atoms with Crippen molar-refractivity contribution in [2.45, 2.75) is 45.9 Å². The summed E-state index contributed by atoms with van der Waals surface area (Å²) in [5.41, 5.74) is 1.13. The summed E-state index contributed by atoms with van der Waals surface area (Å²) >= 11 is 0. The van der Waals surface area contributed by atoms with Crippen LogP contribution in [-0.2, 0) is 11.3 Å². The number of morpholine rings is 1. The van der Waals surface area contributed by atoms with Crippen LogP contribution < -0.4 is 5.32 Å². The number of rotatable bonds is 8. The van der Waals surface area contributed by atoms with Gasteiger partial charge >= 0.3 is 0 Å². The maximum absolute atomic E-state index is 9.87. The first kappa shape index (κ1) is 20.5. The lowest BCUT2D eigenvalue weighted by atomic mass is 9.96. The molecule has 0 aliphatic carbocycles. The van der Waals surface area contributed by atoms with Crippen LogP contribution in [-0.4, -0.2) is 83.0 Å². The summed E-state index contributed by atoms with van der Waals surface area (Å²) in [5.74, 6) is 1.53. The van der Waals surface area contributed by atoms with Gasteiger partial charge in [-0.15, -0.1) is 0 Å². The Morgan fingerprint density at radius 2 is 1.74 bits per heavy atom. The fourth-order valence-corrected chi connectivity index (χ4v) is 4.37. The summed E-state index contributed by atoms with van der Waals surface area (Å²) in [6, 6.07) is 0. The zero-order chi connectivity index (χ0) is 19.2. The molecule has 4 atom stereocenters. The summed E-state index contributed by atoms with van der Waals surface area (Å²) < 4.78 is 5.85. The molecular weight excluding hydrogens is 342 g/mol. The summed E-state index contributed by atoms with van der Waals surface area (Å²) in [5, 5.41) is 13.1. The van der Waals surface area contributed by atoms with E-state index in [0.29, 0.717) is 17.8 Å². The van der Waals surface area contributed by atoms with E-state index < -0.39 is 0 Å². The van der Waals surface area contributed by atoms with Crippen LogP contribution in [0.5, 0.6) is 0 Å². The smallest absolute Gasteiger partial charge is 0.222 e. The largest absolute Gasteiger partial charge is 0.396 e. The highest BCUT2D eigenvalue weighted by atomic mass is 16.5. The van der Waals surface area contributed by atoms with Crippen molar-refractivity contribution < 1.29 is 9.84 Å². The first-order valence-corrected chi connectivity index (χ1v) is 10.3. The molecule has 0 radical (unpaired) electrons. The van der Waals surface area contributed by atoms with E-state index >= 15 is 0 Å². The number of hydrogen-bond donors (Lipinski definition) is 2. The van der Waals surface area contributed by atoms with Crippen LogP contribution in [0.1, 0.15) is 32.8 Å². The first-order chi connectivity index (χ1) is 13.1. The summed E-state index contributed by atoms with van der Waals surface area (Å²) in [4.78, 5) is 13.7. The Bertz CT molecular complexity index is 560. The van der Waals surface area contributed by atoms with Crippen molar-refractivity contribution in [1.82, 2.24) is 19.8 Å². The van der Waals surface area contributed by atoms with Gasteiger partial charge in [-0.3, -0.25) is 9.80 Å². The number of nitrogens with zero attached hydrogens (tertiary/aromatic N) is 4. The maximum Gasteiger partial charge on any atom is 0.222 e. The normalized spacial score (nSPS) is 29.9. The monoisotopic (exact) mass is 377 g/mol. The molecule has 7 nitrogen and oxygen atoms in total. The minimum Gasteiger partial charge on any atom is -0.396 e. The van der Waals surface area contributed by atoms with Crippen molar-refractivity contribution in [3.8, 4) is 0 Å². The van der Waals surface area contributed by atoms with Gasteiger partial charge in [0.25, 0.3) is 0 Å². The summed E-state index contributed by atoms with van der Waals surface area (Å²) in [7, 11) is 0. The third-order valence-corrected chi connectivity index (χ3v) is 5.52. The van der Waals surface area contributed by atoms with Gasteiger partial charge in [0.1, 0.15) is 0 Å². The third kappa shape index (κ3) is 5.85. The molecular formula is C20H35N5O2. The molecule has 0 amide bonds. The fraction of sp³-hybridized carbons (Fsp3) is 0.800. The van der Waals surface area contributed by atoms with Gasteiger partial charge in [-0.2, -0.15) is 0 Å². The summed E-state index contributed by atoms with van der Waals surface area (Å²) in [6.45, 7) is 13.4. The lowest BCUT2D eigenvalue weighted by Crippen LogP contribution is -2.48. The van der Waals surface area contributed by atoms with E-state index in [4.69, 9.17) is 4.74 Å². The van der Waals surface area contributed by atoms with Crippen LogP contribution in [0.15, 0.2) is 12.4 Å². The Kier molecular flexibility index (Phi) is 7.41. The van der Waals surface area contributed by atoms with Crippen LogP contribution in [0, 0.1) is 11.8 Å². The second-order valence-electron chi connectivity index (χ2n) is 8.21. The van der Waals surface area contributed by atoms with E-state index in [1.165, 1.54) is 0 Å². The van der Waals surface area contributed by atoms with Gasteiger partial charge in [0.15, 0.2) is 0 Å². The molecule has 2 aliphatic rings. The fourth-order valence-electron chi connectivity index (χ4n) is 4.37. The van der Waals surface area contributed by atoms with Crippen molar-refractivity contribution >= 4 is 5.95 Å². The highest BCUT2D eigenvalue weighted by Gasteiger charge is 2.35. The molecule has 2 aliphatic heterocycles. The predicted octanol–water partition coefficient (Wildman–Crippen LogP) is 1.45. The number of nitrogens with one attached hydrogen (secondary N) is 1. The molecule has 152 valence electrons. The van der Waals surface area contributed by atoms with Gasteiger partial charge in [-0.25, -0.2) is 9.97 Å². The quantitative estimate of drug-likeness (QED) is 0.710. The van der Waals surface area contributed by atoms with Gasteiger partial charge in [-0.05, 0) is 32.1 Å². The van der Waals surface area contributed by atoms with Crippen LogP contribution in [0.25, 0.3) is 0 Å². The lowest BCUT2D eigenvalue weighted by Gasteiger charge is -2.37. The van der Waals surface area contributed by atoms with E-state index in [1.54, 1.807) is 0 Å². The zero-order valence-electron chi connectivity index (χ0n) is 17.0. The molecule has 2 fully saturated rings. The standard InChI is InChI=1S/C20H35N5O2/c1-4-5-21-20-22-6-17(7-23-20)10-25-12-18(19(13-25)14-26)11-24-8-15(2)27-16(3)9-24/h6-7,15-16,18-19,26H,4-5,8-14H2,1-3H3,(H,21,22,23)/t15-,16+,18-,19-/m1/s1. The Labute approximate surface area is 163 Å². The molecule has 0 unspecified atom stereocenters. The van der Waals surface area contributed by atoms with E-state index in [2.05, 4.69) is 45.9 Å². The highest BCUT2D eigenvalue weighted by molar-refractivity contribution is 5.24. The topological polar surface area (TPSA) is 73.8 Å². The molecule has 0 spiro atoms. The lowest BCUT2D eigenvalue weighted by molar-refractivity contribution is -0.0727. The molecule has 2 N–H and O–H groups in total. The Morgan fingerprint density at radius 3 is 2.37 bits per heavy atom. The van der Waals surface area contributed by atoms with Crippen LogP contribution >= 0.6 is 0 Å². The van der Waals surface area contributed by atoms with Crippen molar-refractivity contribution in [3.63, 3.8) is 0 Å². The second-order valence-corrected chi connectivity index (χ2v) is 8.21. The van der Waals surface area contributed by atoms with Crippen LogP contribution in [0.4, 0.5) is 5.95 Å². The molecule has 7 heteroatoms. The highest BCUT2D eigenvalue weighted by Crippen LogP contribution is 2.26. The number of ether oxygens (including phenoxy) is 1.